The molecule has 1 heterocycles. The van der Waals surface area contributed by atoms with E-state index in [1.807, 2.05) is 6.92 Å². The van der Waals surface area contributed by atoms with Gasteiger partial charge in [0.2, 0.25) is 0 Å². The third kappa shape index (κ3) is 1.61. The Bertz CT molecular complexity index is 273. The molecule has 0 atom stereocenters. The molecule has 1 rings (SSSR count). The average molecular weight is 153 g/mol. The lowest BCUT2D eigenvalue weighted by Crippen LogP contribution is -1.94. The van der Waals surface area contributed by atoms with Crippen LogP contribution in [0.2, 0.25) is 0 Å². The molecular weight excluding hydrogens is 145 g/mol. The zero-order valence-electron chi connectivity index (χ0n) is 6.17. The van der Waals surface area contributed by atoms with Gasteiger partial charge in [0.05, 0.1) is 0 Å². The molecule has 0 aromatic carbocycles. The van der Waals surface area contributed by atoms with Crippen molar-refractivity contribution in [2.45, 2.75) is 13.3 Å². The highest BCUT2D eigenvalue weighted by Gasteiger charge is 2.01. The standard InChI is InChI=1S/C8H8FNO/c1-2-6-3-7(9)8(5-11)10-4-6/h3-5H,2H2,1H3. The van der Waals surface area contributed by atoms with Gasteiger partial charge in [0.1, 0.15) is 5.69 Å². The van der Waals surface area contributed by atoms with Crippen molar-refractivity contribution in [2.75, 3.05) is 0 Å². The van der Waals surface area contributed by atoms with E-state index in [1.165, 1.54) is 12.3 Å². The third-order valence-electron chi connectivity index (χ3n) is 1.45. The first-order valence-corrected chi connectivity index (χ1v) is 3.37. The predicted molar refractivity (Wildman–Crippen MR) is 39.0 cm³/mol. The van der Waals surface area contributed by atoms with Crippen LogP contribution < -0.4 is 0 Å². The Balaban J connectivity index is 3.09. The first kappa shape index (κ1) is 7.85. The van der Waals surface area contributed by atoms with Crippen molar-refractivity contribution in [1.82, 2.24) is 4.98 Å². The van der Waals surface area contributed by atoms with Gasteiger partial charge in [-0.1, -0.05) is 6.92 Å². The molecule has 0 unspecified atom stereocenters. The minimum absolute atomic E-state index is 0.123. The molecule has 0 bridgehead atoms. The van der Waals surface area contributed by atoms with Gasteiger partial charge in [-0.3, -0.25) is 9.78 Å². The highest BCUT2D eigenvalue weighted by molar-refractivity contribution is 5.71. The second kappa shape index (κ2) is 3.23. The average Bonchev–Trinajstić information content (AvgIpc) is 2.04. The Morgan fingerprint density at radius 3 is 2.91 bits per heavy atom. The fourth-order valence-corrected chi connectivity index (χ4v) is 0.768. The summed E-state index contributed by atoms with van der Waals surface area (Å²) >= 11 is 0. The Kier molecular flexibility index (Phi) is 2.31. The Morgan fingerprint density at radius 2 is 2.45 bits per heavy atom. The summed E-state index contributed by atoms with van der Waals surface area (Å²) in [5, 5.41) is 0. The molecule has 0 aliphatic heterocycles. The minimum atomic E-state index is -0.542. The minimum Gasteiger partial charge on any atom is -0.296 e. The molecule has 11 heavy (non-hydrogen) atoms. The van der Waals surface area contributed by atoms with Crippen molar-refractivity contribution in [3.05, 3.63) is 29.3 Å². The van der Waals surface area contributed by atoms with Crippen LogP contribution in [0.25, 0.3) is 0 Å². The van der Waals surface area contributed by atoms with Crippen LogP contribution in [0.1, 0.15) is 23.0 Å². The molecule has 0 aliphatic rings. The molecule has 3 heteroatoms. The molecular formula is C8H8FNO. The molecule has 0 radical (unpaired) electrons. The van der Waals surface area contributed by atoms with Gasteiger partial charge in [-0.05, 0) is 18.1 Å². The van der Waals surface area contributed by atoms with E-state index in [2.05, 4.69) is 4.98 Å². The number of carbonyl (C=O) groups is 1. The molecule has 1 aromatic rings. The first-order chi connectivity index (χ1) is 5.27. The van der Waals surface area contributed by atoms with Crippen molar-refractivity contribution < 1.29 is 9.18 Å². The van der Waals surface area contributed by atoms with E-state index in [0.717, 1.165) is 12.0 Å². The van der Waals surface area contributed by atoms with Crippen LogP contribution in [-0.4, -0.2) is 11.3 Å². The van der Waals surface area contributed by atoms with Crippen LogP contribution in [0.5, 0.6) is 0 Å². The first-order valence-electron chi connectivity index (χ1n) is 3.37. The Labute approximate surface area is 64.1 Å². The number of hydrogen-bond acceptors (Lipinski definition) is 2. The van der Waals surface area contributed by atoms with Crippen LogP contribution in [0.4, 0.5) is 4.39 Å². The second-order valence-electron chi connectivity index (χ2n) is 2.18. The maximum absolute atomic E-state index is 12.7. The van der Waals surface area contributed by atoms with E-state index < -0.39 is 5.82 Å². The number of aromatic nitrogens is 1. The van der Waals surface area contributed by atoms with Gasteiger partial charge in [0, 0.05) is 6.20 Å². The number of halogens is 1. The number of carbonyl (C=O) groups excluding carboxylic acids is 1. The molecule has 0 aliphatic carbocycles. The number of aldehydes is 1. The lowest BCUT2D eigenvalue weighted by atomic mass is 10.2. The topological polar surface area (TPSA) is 30.0 Å². The Morgan fingerprint density at radius 1 is 1.73 bits per heavy atom. The number of pyridine rings is 1. The monoisotopic (exact) mass is 153 g/mol. The van der Waals surface area contributed by atoms with Crippen molar-refractivity contribution in [1.29, 1.82) is 0 Å². The number of aryl methyl sites for hydroxylation is 1. The van der Waals surface area contributed by atoms with Gasteiger partial charge < -0.3 is 0 Å². The zero-order valence-corrected chi connectivity index (χ0v) is 6.17. The highest BCUT2D eigenvalue weighted by Crippen LogP contribution is 2.05. The molecule has 0 amide bonds. The van der Waals surface area contributed by atoms with Crippen LogP contribution in [0.3, 0.4) is 0 Å². The summed E-state index contributed by atoms with van der Waals surface area (Å²) in [6.07, 6.45) is 2.64. The maximum Gasteiger partial charge on any atom is 0.171 e. The zero-order chi connectivity index (χ0) is 8.27. The summed E-state index contributed by atoms with van der Waals surface area (Å²) in [6, 6.07) is 1.33. The van der Waals surface area contributed by atoms with Gasteiger partial charge in [-0.2, -0.15) is 0 Å². The van der Waals surface area contributed by atoms with Crippen LogP contribution >= 0.6 is 0 Å². The molecule has 2 nitrogen and oxygen atoms in total. The largest absolute Gasteiger partial charge is 0.296 e. The Hall–Kier alpha value is -1.25. The van der Waals surface area contributed by atoms with Gasteiger partial charge in [0.15, 0.2) is 12.1 Å². The molecule has 58 valence electrons. The number of nitrogens with zero attached hydrogens (tertiary/aromatic N) is 1. The van der Waals surface area contributed by atoms with Crippen LogP contribution in [0.15, 0.2) is 12.3 Å². The quantitative estimate of drug-likeness (QED) is 0.604. The molecule has 0 saturated carbocycles. The third-order valence-corrected chi connectivity index (χ3v) is 1.45. The molecule has 0 fully saturated rings. The van der Waals surface area contributed by atoms with Gasteiger partial charge >= 0.3 is 0 Å². The fourth-order valence-electron chi connectivity index (χ4n) is 0.768. The molecule has 0 saturated heterocycles. The van der Waals surface area contributed by atoms with Crippen molar-refractivity contribution in [2.24, 2.45) is 0 Å². The summed E-state index contributed by atoms with van der Waals surface area (Å²) in [4.78, 5) is 13.7. The molecule has 0 N–H and O–H groups in total. The summed E-state index contributed by atoms with van der Waals surface area (Å²) in [5.74, 6) is -0.542. The lowest BCUT2D eigenvalue weighted by molar-refractivity contribution is 0.111. The van der Waals surface area contributed by atoms with Crippen molar-refractivity contribution in [3.8, 4) is 0 Å². The number of rotatable bonds is 2. The van der Waals surface area contributed by atoms with Gasteiger partial charge in [-0.15, -0.1) is 0 Å². The molecule has 1 aromatic heterocycles. The summed E-state index contributed by atoms with van der Waals surface area (Å²) in [6.45, 7) is 1.90. The lowest BCUT2D eigenvalue weighted by Gasteiger charge is -1.96. The van der Waals surface area contributed by atoms with E-state index in [9.17, 15) is 9.18 Å². The van der Waals surface area contributed by atoms with E-state index in [4.69, 9.17) is 0 Å². The smallest absolute Gasteiger partial charge is 0.171 e. The van der Waals surface area contributed by atoms with Crippen LogP contribution in [-0.2, 0) is 6.42 Å². The molecule has 0 spiro atoms. The van der Waals surface area contributed by atoms with Gasteiger partial charge in [0.25, 0.3) is 0 Å². The number of hydrogen-bond donors (Lipinski definition) is 0. The van der Waals surface area contributed by atoms with Crippen molar-refractivity contribution >= 4 is 6.29 Å². The summed E-state index contributed by atoms with van der Waals surface area (Å²) < 4.78 is 12.7. The van der Waals surface area contributed by atoms with Gasteiger partial charge in [-0.25, -0.2) is 4.39 Å². The SMILES string of the molecule is CCc1cnc(C=O)c(F)c1. The normalized spacial score (nSPS) is 9.64. The van der Waals surface area contributed by atoms with E-state index in [1.54, 1.807) is 0 Å². The summed E-state index contributed by atoms with van der Waals surface area (Å²) in [7, 11) is 0. The van der Waals surface area contributed by atoms with Crippen LogP contribution in [0, 0.1) is 5.82 Å². The maximum atomic E-state index is 12.7. The van der Waals surface area contributed by atoms with Crippen molar-refractivity contribution in [3.63, 3.8) is 0 Å². The van der Waals surface area contributed by atoms with E-state index >= 15 is 0 Å². The fraction of sp³-hybridized carbons (Fsp3) is 0.250. The summed E-state index contributed by atoms with van der Waals surface area (Å²) in [5.41, 5.74) is 0.676. The van der Waals surface area contributed by atoms with E-state index in [0.29, 0.717) is 6.29 Å². The second-order valence-corrected chi connectivity index (χ2v) is 2.18. The highest BCUT2D eigenvalue weighted by atomic mass is 19.1. The van der Waals surface area contributed by atoms with E-state index in [-0.39, 0.29) is 5.69 Å². The predicted octanol–water partition coefficient (Wildman–Crippen LogP) is 1.60.